The number of phosphoric acid groups is 1. The molecule has 0 bridgehead atoms. The Kier molecular flexibility index (Phi) is 10.3. The van der Waals surface area contributed by atoms with E-state index in [1.807, 2.05) is 0 Å². The number of benzene rings is 1. The molecule has 2 aromatic heterocycles. The SMILES string of the molecule is [2H]c1c(Nc2ncc(F)c(Nc3ccc4c(n3)N(C([2H])([2H])OP(=O)([O-])[O-])C(=O)C(C)(C)O4)n2)c([2H])c(OC)c(OC)c1OC.[Na+].[Na+]. The minimum atomic E-state index is -5.94. The number of hydrogen-bond donors (Lipinski definition) is 2. The summed E-state index contributed by atoms with van der Waals surface area (Å²) in [4.78, 5) is 47.6. The van der Waals surface area contributed by atoms with Crippen LogP contribution < -0.4 is 103 Å². The number of aromatic nitrogens is 3. The van der Waals surface area contributed by atoms with Crippen molar-refractivity contribution in [1.29, 1.82) is 0 Å². The number of nitrogens with zero attached hydrogens (tertiary/aromatic N) is 4. The van der Waals surface area contributed by atoms with Crippen molar-refractivity contribution in [3.05, 3.63) is 36.2 Å². The molecule has 1 amide bonds. The van der Waals surface area contributed by atoms with E-state index in [2.05, 4.69) is 30.1 Å². The van der Waals surface area contributed by atoms with E-state index >= 15 is 0 Å². The zero-order chi connectivity index (χ0) is 32.8. The number of hydrogen-bond acceptors (Lipinski definition) is 14. The molecule has 0 fully saturated rings. The van der Waals surface area contributed by atoms with Crippen LogP contribution in [0.15, 0.2) is 30.4 Å². The molecule has 3 heterocycles. The summed E-state index contributed by atoms with van der Waals surface area (Å²) in [5.74, 6) is -4.12. The number of ether oxygens (including phenoxy) is 4. The molecule has 4 rings (SSSR count). The third-order valence-corrected chi connectivity index (χ3v) is 5.41. The van der Waals surface area contributed by atoms with Crippen LogP contribution in [0.3, 0.4) is 0 Å². The maximum absolute atomic E-state index is 14.8. The van der Waals surface area contributed by atoms with Crippen molar-refractivity contribution in [3.63, 3.8) is 0 Å². The van der Waals surface area contributed by atoms with Crippen molar-refractivity contribution in [3.8, 4) is 23.0 Å². The normalized spacial score (nSPS) is 15.2. The van der Waals surface area contributed by atoms with E-state index in [1.54, 1.807) is 0 Å². The predicted molar refractivity (Wildman–Crippen MR) is 135 cm³/mol. The Labute approximate surface area is 289 Å². The molecule has 1 aromatic carbocycles. The van der Waals surface area contributed by atoms with Gasteiger partial charge >= 0.3 is 59.1 Å². The van der Waals surface area contributed by atoms with Crippen molar-refractivity contribution in [1.82, 2.24) is 15.0 Å². The van der Waals surface area contributed by atoms with Crippen LogP contribution in [0.2, 0.25) is 0 Å². The summed E-state index contributed by atoms with van der Waals surface area (Å²) in [6.07, 6.45) is 0.759. The van der Waals surface area contributed by atoms with Gasteiger partial charge in [0.1, 0.15) is 12.5 Å². The standard InChI is InChI=1S/C23H26FN6O9P.2Na/c1-23(2)21(31)30(11-38-40(32,33)34)20-14(39-23)6-7-17(28-20)27-19-13(24)10-25-22(29-19)26-12-8-15(35-3)18(37-5)16(9-12)36-4;;/h6-10H,11H2,1-5H3,(H2,32,33,34)(H2,25,26,27,28,29);;/q;2*+1/p-2/i8D,9D,11D2;;. The Bertz CT molecular complexity index is 1660. The molecule has 0 unspecified atom stereocenters. The van der Waals surface area contributed by atoms with Crippen LogP contribution in [-0.2, 0) is 13.9 Å². The molecule has 0 atom stereocenters. The second-order valence-corrected chi connectivity index (χ2v) is 9.34. The van der Waals surface area contributed by atoms with Gasteiger partial charge in [0, 0.05) is 17.8 Å². The number of halogens is 1. The Balaban J connectivity index is 0.00000368. The maximum atomic E-state index is 14.8. The van der Waals surface area contributed by atoms with E-state index in [9.17, 15) is 23.5 Å². The first-order chi connectivity index (χ1) is 20.4. The van der Waals surface area contributed by atoms with E-state index in [0.29, 0.717) is 0 Å². The molecular weight excluding hydrogens is 600 g/mol. The quantitative estimate of drug-likeness (QED) is 0.162. The van der Waals surface area contributed by atoms with Crippen molar-refractivity contribution in [2.24, 2.45) is 0 Å². The van der Waals surface area contributed by atoms with Gasteiger partial charge in [0.2, 0.25) is 11.7 Å². The Morgan fingerprint density at radius 2 is 1.76 bits per heavy atom. The van der Waals surface area contributed by atoms with Crippen LogP contribution in [0.25, 0.3) is 0 Å². The van der Waals surface area contributed by atoms with Crippen molar-refractivity contribution >= 4 is 42.8 Å². The number of rotatable bonds is 10. The van der Waals surface area contributed by atoms with Gasteiger partial charge < -0.3 is 48.5 Å². The van der Waals surface area contributed by atoms with Gasteiger partial charge in [-0.1, -0.05) is 0 Å². The first-order valence-electron chi connectivity index (χ1n) is 13.1. The summed E-state index contributed by atoms with van der Waals surface area (Å²) in [7, 11) is -2.08. The first kappa shape index (κ1) is 29.8. The number of fused-ring (bicyclic) bond motifs is 1. The molecule has 2 N–H and O–H groups in total. The summed E-state index contributed by atoms with van der Waals surface area (Å²) in [6, 6.07) is 1.84. The maximum Gasteiger partial charge on any atom is 1.00 e. The van der Waals surface area contributed by atoms with Gasteiger partial charge in [-0.15, -0.1) is 0 Å². The molecule has 3 aromatic rings. The van der Waals surface area contributed by atoms with E-state index < -0.39 is 43.5 Å². The molecule has 15 nitrogen and oxygen atoms in total. The number of pyridine rings is 1. The minimum absolute atomic E-state index is 0. The molecule has 0 spiro atoms. The number of amides is 1. The van der Waals surface area contributed by atoms with Gasteiger partial charge in [0.05, 0.1) is 40.8 Å². The second-order valence-electron chi connectivity index (χ2n) is 8.27. The summed E-state index contributed by atoms with van der Waals surface area (Å²) >= 11 is 0. The number of carbonyl (C=O) groups excluding carboxylic acids is 1. The van der Waals surface area contributed by atoms with Crippen LogP contribution in [0.4, 0.5) is 33.5 Å². The average Bonchev–Trinajstić information content (AvgIpc) is 2.91. The van der Waals surface area contributed by atoms with E-state index in [1.165, 1.54) is 47.3 Å². The Morgan fingerprint density at radius 1 is 1.12 bits per heavy atom. The molecule has 42 heavy (non-hydrogen) atoms. The van der Waals surface area contributed by atoms with Gasteiger partial charge in [-0.3, -0.25) is 9.69 Å². The molecule has 1 aliphatic heterocycles. The first-order valence-corrected chi connectivity index (χ1v) is 12.5. The topological polar surface area (TPSA) is 192 Å². The molecule has 0 saturated carbocycles. The fourth-order valence-electron chi connectivity index (χ4n) is 3.36. The molecular formula is C23H24FN6Na2O9P. The monoisotopic (exact) mass is 628 g/mol. The van der Waals surface area contributed by atoms with Crippen molar-refractivity contribution < 1.29 is 112 Å². The van der Waals surface area contributed by atoms with Crippen LogP contribution in [0.5, 0.6) is 23.0 Å². The van der Waals surface area contributed by atoms with Gasteiger partial charge in [-0.05, 0) is 26.0 Å². The van der Waals surface area contributed by atoms with Gasteiger partial charge in [0.25, 0.3) is 5.91 Å². The van der Waals surface area contributed by atoms with E-state index in [0.717, 1.165) is 6.20 Å². The molecule has 214 valence electrons. The van der Waals surface area contributed by atoms with Gasteiger partial charge in [-0.25, -0.2) is 14.4 Å². The summed E-state index contributed by atoms with van der Waals surface area (Å²) < 4.78 is 84.2. The average molecular weight is 628 g/mol. The number of nitrogens with one attached hydrogen (secondary N) is 2. The van der Waals surface area contributed by atoms with Crippen LogP contribution in [0, 0.1) is 5.82 Å². The minimum Gasteiger partial charge on any atom is -0.790 e. The van der Waals surface area contributed by atoms with E-state index in [4.69, 9.17) is 24.4 Å². The predicted octanol–water partition coefficient (Wildman–Crippen LogP) is -4.16. The van der Waals surface area contributed by atoms with Crippen molar-refractivity contribution in [2.75, 3.05) is 43.5 Å². The second kappa shape index (κ2) is 14.5. The zero-order valence-electron chi connectivity index (χ0n) is 27.5. The van der Waals surface area contributed by atoms with Gasteiger partial charge in [0.15, 0.2) is 40.3 Å². The zero-order valence-corrected chi connectivity index (χ0v) is 28.4. The Hall–Kier alpha value is -2.24. The molecule has 1 aliphatic rings. The van der Waals surface area contributed by atoms with E-state index in [-0.39, 0.29) is 117 Å². The molecule has 0 radical (unpaired) electrons. The third kappa shape index (κ3) is 8.23. The number of phosphoric ester groups is 1. The number of anilines is 5. The fourth-order valence-corrected chi connectivity index (χ4v) is 3.54. The number of methoxy groups -OCH3 is 3. The third-order valence-electron chi connectivity index (χ3n) is 5.11. The number of carbonyl (C=O) groups is 1. The summed E-state index contributed by atoms with van der Waals surface area (Å²) in [6.45, 7) is -0.979. The van der Waals surface area contributed by atoms with Gasteiger partial charge in [-0.2, -0.15) is 4.98 Å². The van der Waals surface area contributed by atoms with Crippen molar-refractivity contribution in [2.45, 2.75) is 19.4 Å². The summed E-state index contributed by atoms with van der Waals surface area (Å²) in [5.41, 5.74) is -1.90. The molecule has 0 saturated heterocycles. The summed E-state index contributed by atoms with van der Waals surface area (Å²) in [5, 5.41) is 5.17. The molecule has 19 heteroatoms. The smallest absolute Gasteiger partial charge is 0.790 e. The van der Waals surface area contributed by atoms with Crippen LogP contribution in [-0.4, -0.2) is 54.5 Å². The fraction of sp³-hybridized carbons (Fsp3) is 0.304. The van der Waals surface area contributed by atoms with Crippen LogP contribution in [0.1, 0.15) is 19.3 Å². The largest absolute Gasteiger partial charge is 1.00 e. The molecule has 0 aliphatic carbocycles. The van der Waals surface area contributed by atoms with Crippen LogP contribution >= 0.6 is 7.82 Å². The Morgan fingerprint density at radius 3 is 2.33 bits per heavy atom.